The maximum Gasteiger partial charge on any atom is 0.187 e. The highest BCUT2D eigenvalue weighted by Crippen LogP contribution is 2.18. The van der Waals surface area contributed by atoms with Gasteiger partial charge in [0.15, 0.2) is 5.78 Å². The number of pyridine rings is 1. The summed E-state index contributed by atoms with van der Waals surface area (Å²) in [6.45, 7) is 4.15. The Bertz CT molecular complexity index is 588. The number of carbonyl (C=O) groups is 1. The second kappa shape index (κ2) is 5.58. The van der Waals surface area contributed by atoms with Gasteiger partial charge in [-0.05, 0) is 31.1 Å². The largest absolute Gasteiger partial charge is 0.289 e. The Morgan fingerprint density at radius 2 is 1.89 bits per heavy atom. The van der Waals surface area contributed by atoms with Gasteiger partial charge < -0.3 is 0 Å². The van der Waals surface area contributed by atoms with Crippen molar-refractivity contribution < 1.29 is 4.79 Å². The molecule has 2 aromatic rings. The molecule has 0 spiro atoms. The maximum absolute atomic E-state index is 12.3. The number of benzene rings is 1. The molecular formula is C16H17NO. The van der Waals surface area contributed by atoms with Crippen LogP contribution in [0.5, 0.6) is 0 Å². The zero-order valence-corrected chi connectivity index (χ0v) is 10.8. The fourth-order valence-corrected chi connectivity index (χ4v) is 2.02. The molecule has 0 aliphatic heterocycles. The summed E-state index contributed by atoms with van der Waals surface area (Å²) in [5, 5.41) is 1.01. The Hall–Kier alpha value is -1.96. The van der Waals surface area contributed by atoms with Crippen molar-refractivity contribution in [2.24, 2.45) is 0 Å². The van der Waals surface area contributed by atoms with Crippen LogP contribution in [-0.4, -0.2) is 10.8 Å². The average molecular weight is 239 g/mol. The molecule has 2 rings (SSSR count). The molecule has 1 aromatic carbocycles. The van der Waals surface area contributed by atoms with Gasteiger partial charge in [0.05, 0.1) is 5.52 Å². The van der Waals surface area contributed by atoms with Gasteiger partial charge in [0, 0.05) is 17.1 Å². The van der Waals surface area contributed by atoms with Crippen molar-refractivity contribution in [2.75, 3.05) is 0 Å². The predicted octanol–water partition coefficient (Wildman–Crippen LogP) is 4.16. The van der Waals surface area contributed by atoms with Gasteiger partial charge in [-0.2, -0.15) is 0 Å². The molecule has 0 radical (unpaired) electrons. The van der Waals surface area contributed by atoms with E-state index in [1.165, 1.54) is 5.57 Å². The van der Waals surface area contributed by atoms with Gasteiger partial charge in [-0.1, -0.05) is 37.6 Å². The van der Waals surface area contributed by atoms with Crippen molar-refractivity contribution in [3.63, 3.8) is 0 Å². The third-order valence-corrected chi connectivity index (χ3v) is 3.14. The summed E-state index contributed by atoms with van der Waals surface area (Å²) in [5.74, 6) is 0.0537. The molecule has 0 unspecified atom stereocenters. The lowest BCUT2D eigenvalue weighted by Crippen LogP contribution is -1.98. The van der Waals surface area contributed by atoms with Crippen LogP contribution < -0.4 is 0 Å². The number of aromatic nitrogens is 1. The Morgan fingerprint density at radius 3 is 2.61 bits per heavy atom. The van der Waals surface area contributed by atoms with E-state index in [1.807, 2.05) is 30.3 Å². The summed E-state index contributed by atoms with van der Waals surface area (Å²) in [5.41, 5.74) is 2.65. The predicted molar refractivity (Wildman–Crippen MR) is 74.7 cm³/mol. The summed E-state index contributed by atoms with van der Waals surface area (Å²) in [6, 6.07) is 9.59. The molecule has 0 aliphatic carbocycles. The molecule has 0 saturated carbocycles. The molecule has 0 bridgehead atoms. The molecular weight excluding hydrogens is 222 g/mol. The Labute approximate surface area is 107 Å². The normalized spacial score (nSPS) is 10.3. The second-order valence-electron chi connectivity index (χ2n) is 4.25. The minimum Gasteiger partial charge on any atom is -0.289 e. The first-order valence-electron chi connectivity index (χ1n) is 6.33. The van der Waals surface area contributed by atoms with Crippen molar-refractivity contribution in [2.45, 2.75) is 26.7 Å². The van der Waals surface area contributed by atoms with Crippen molar-refractivity contribution in [3.05, 3.63) is 53.7 Å². The summed E-state index contributed by atoms with van der Waals surface area (Å²) >= 11 is 0. The molecule has 0 saturated heterocycles. The SMILES string of the molecule is CCC(=CC(=O)c1cccc2cccnc12)CC. The van der Waals surface area contributed by atoms with E-state index in [0.29, 0.717) is 5.56 Å². The lowest BCUT2D eigenvalue weighted by atomic mass is 10.0. The van der Waals surface area contributed by atoms with Crippen LogP contribution in [0, 0.1) is 0 Å². The summed E-state index contributed by atoms with van der Waals surface area (Å²) in [7, 11) is 0. The minimum absolute atomic E-state index is 0.0537. The number of fused-ring (bicyclic) bond motifs is 1. The van der Waals surface area contributed by atoms with Gasteiger partial charge in [-0.25, -0.2) is 0 Å². The number of rotatable bonds is 4. The fraction of sp³-hybridized carbons (Fsp3) is 0.250. The standard InChI is InChI=1S/C16H17NO/c1-3-12(4-2)11-15(18)14-9-5-7-13-8-6-10-17-16(13)14/h5-11H,3-4H2,1-2H3. The fourth-order valence-electron chi connectivity index (χ4n) is 2.02. The number of para-hydroxylation sites is 1. The van der Waals surface area contributed by atoms with Gasteiger partial charge in [0.25, 0.3) is 0 Å². The van der Waals surface area contributed by atoms with Crippen LogP contribution in [0.4, 0.5) is 0 Å². The summed E-state index contributed by atoms with van der Waals surface area (Å²) in [6.07, 6.45) is 5.31. The highest BCUT2D eigenvalue weighted by Gasteiger charge is 2.08. The van der Waals surface area contributed by atoms with Crippen molar-refractivity contribution in [1.82, 2.24) is 4.98 Å². The number of hydrogen-bond acceptors (Lipinski definition) is 2. The molecule has 0 fully saturated rings. The topological polar surface area (TPSA) is 30.0 Å². The first kappa shape index (κ1) is 12.5. The molecule has 0 aliphatic rings. The van der Waals surface area contributed by atoms with E-state index >= 15 is 0 Å². The molecule has 2 heteroatoms. The zero-order chi connectivity index (χ0) is 13.0. The van der Waals surface area contributed by atoms with E-state index in [4.69, 9.17) is 0 Å². The number of hydrogen-bond donors (Lipinski definition) is 0. The van der Waals surface area contributed by atoms with Crippen LogP contribution in [0.1, 0.15) is 37.0 Å². The van der Waals surface area contributed by atoms with E-state index < -0.39 is 0 Å². The Kier molecular flexibility index (Phi) is 3.88. The van der Waals surface area contributed by atoms with Gasteiger partial charge >= 0.3 is 0 Å². The zero-order valence-electron chi connectivity index (χ0n) is 10.8. The molecule has 18 heavy (non-hydrogen) atoms. The van der Waals surface area contributed by atoms with E-state index in [2.05, 4.69) is 18.8 Å². The van der Waals surface area contributed by atoms with Crippen molar-refractivity contribution in [3.8, 4) is 0 Å². The smallest absolute Gasteiger partial charge is 0.187 e. The quantitative estimate of drug-likeness (QED) is 0.592. The van der Waals surface area contributed by atoms with Gasteiger partial charge in [-0.3, -0.25) is 9.78 Å². The molecule has 92 valence electrons. The van der Waals surface area contributed by atoms with Crippen LogP contribution in [0.3, 0.4) is 0 Å². The highest BCUT2D eigenvalue weighted by molar-refractivity contribution is 6.12. The minimum atomic E-state index is 0.0537. The van der Waals surface area contributed by atoms with Gasteiger partial charge in [0.1, 0.15) is 0 Å². The molecule has 2 nitrogen and oxygen atoms in total. The Balaban J connectivity index is 2.48. The van der Waals surface area contributed by atoms with Crippen LogP contribution in [0.15, 0.2) is 48.2 Å². The highest BCUT2D eigenvalue weighted by atomic mass is 16.1. The Morgan fingerprint density at radius 1 is 1.17 bits per heavy atom. The van der Waals surface area contributed by atoms with Crippen LogP contribution in [0.25, 0.3) is 10.9 Å². The van der Waals surface area contributed by atoms with E-state index in [-0.39, 0.29) is 5.78 Å². The lowest BCUT2D eigenvalue weighted by molar-refractivity contribution is 0.104. The van der Waals surface area contributed by atoms with Crippen molar-refractivity contribution in [1.29, 1.82) is 0 Å². The van der Waals surface area contributed by atoms with Crippen LogP contribution in [-0.2, 0) is 0 Å². The molecule has 0 amide bonds. The third kappa shape index (κ3) is 2.48. The first-order valence-corrected chi connectivity index (χ1v) is 6.33. The van der Waals surface area contributed by atoms with E-state index in [1.54, 1.807) is 12.3 Å². The van der Waals surface area contributed by atoms with Crippen LogP contribution in [0.2, 0.25) is 0 Å². The number of nitrogens with zero attached hydrogens (tertiary/aromatic N) is 1. The molecule has 1 heterocycles. The summed E-state index contributed by atoms with van der Waals surface area (Å²) in [4.78, 5) is 16.6. The van der Waals surface area contributed by atoms with E-state index in [9.17, 15) is 4.79 Å². The number of ketones is 1. The first-order chi connectivity index (χ1) is 8.76. The van der Waals surface area contributed by atoms with Gasteiger partial charge in [-0.15, -0.1) is 0 Å². The monoisotopic (exact) mass is 239 g/mol. The van der Waals surface area contributed by atoms with E-state index in [0.717, 1.165) is 23.7 Å². The third-order valence-electron chi connectivity index (χ3n) is 3.14. The molecule has 0 N–H and O–H groups in total. The second-order valence-corrected chi connectivity index (χ2v) is 4.25. The number of carbonyl (C=O) groups excluding carboxylic acids is 1. The maximum atomic E-state index is 12.3. The molecule has 0 atom stereocenters. The van der Waals surface area contributed by atoms with Crippen molar-refractivity contribution >= 4 is 16.7 Å². The lowest BCUT2D eigenvalue weighted by Gasteiger charge is -2.04. The van der Waals surface area contributed by atoms with Gasteiger partial charge in [0.2, 0.25) is 0 Å². The van der Waals surface area contributed by atoms with Crippen LogP contribution >= 0.6 is 0 Å². The molecule has 1 aromatic heterocycles. The number of allylic oxidation sites excluding steroid dienone is 2. The average Bonchev–Trinajstić information content (AvgIpc) is 2.43. The summed E-state index contributed by atoms with van der Waals surface area (Å²) < 4.78 is 0.